The second-order valence-corrected chi connectivity index (χ2v) is 9.95. The first-order valence-electron chi connectivity index (χ1n) is 11.3. The van der Waals surface area contributed by atoms with Crippen LogP contribution in [0.2, 0.25) is 0 Å². The topological polar surface area (TPSA) is 196 Å². The monoisotopic (exact) mass is 492 g/mol. The lowest BCUT2D eigenvalue weighted by atomic mass is 9.68. The average Bonchev–Trinajstić information content (AvgIpc) is 2.76. The zero-order chi connectivity index (χ0) is 25.4. The number of carbonyl (C=O) groups is 1. The third-order valence-corrected chi connectivity index (χ3v) is 6.88. The van der Waals surface area contributed by atoms with Crippen molar-refractivity contribution in [2.45, 2.75) is 88.6 Å². The molecule has 196 valence electrons. The molecule has 2 fully saturated rings. The Morgan fingerprint density at radius 3 is 1.88 bits per heavy atom. The minimum atomic E-state index is -1.65. The molecule has 3 aliphatic rings. The molecular formula is C22H36O12. The normalized spacial score (nSPS) is 45.2. The second kappa shape index (κ2) is 10.9. The molecular weight excluding hydrogens is 456 g/mol. The van der Waals surface area contributed by atoms with Crippen molar-refractivity contribution in [3.05, 3.63) is 11.6 Å². The summed E-state index contributed by atoms with van der Waals surface area (Å²) in [5, 5.41) is 70.1. The number of hydrogen-bond acceptors (Lipinski definition) is 12. The Labute approximate surface area is 197 Å². The van der Waals surface area contributed by atoms with E-state index >= 15 is 0 Å². The molecule has 0 spiro atoms. The molecule has 0 saturated carbocycles. The molecule has 0 aromatic carbocycles. The zero-order valence-electron chi connectivity index (χ0n) is 19.4. The van der Waals surface area contributed by atoms with E-state index in [0.29, 0.717) is 6.42 Å². The van der Waals surface area contributed by atoms with Gasteiger partial charge in [-0.2, -0.15) is 0 Å². The maximum absolute atomic E-state index is 11.9. The molecule has 1 unspecified atom stereocenters. The van der Waals surface area contributed by atoms with Gasteiger partial charge in [-0.05, 0) is 18.4 Å². The third-order valence-electron chi connectivity index (χ3n) is 6.88. The summed E-state index contributed by atoms with van der Waals surface area (Å²) < 4.78 is 22.1. The van der Waals surface area contributed by atoms with E-state index in [1.54, 1.807) is 6.08 Å². The van der Waals surface area contributed by atoms with E-state index in [4.69, 9.17) is 18.9 Å². The predicted octanol–water partition coefficient (Wildman–Crippen LogP) is -2.81. The Bertz CT molecular complexity index is 739. The first-order valence-corrected chi connectivity index (χ1v) is 11.3. The van der Waals surface area contributed by atoms with Gasteiger partial charge in [0.05, 0.1) is 19.8 Å². The number of carbonyl (C=O) groups excluding carboxylic acids is 1. The molecule has 34 heavy (non-hydrogen) atoms. The van der Waals surface area contributed by atoms with Gasteiger partial charge >= 0.3 is 0 Å². The molecule has 12 heteroatoms. The highest BCUT2D eigenvalue weighted by Gasteiger charge is 2.48. The maximum atomic E-state index is 11.9. The highest BCUT2D eigenvalue weighted by Crippen LogP contribution is 2.40. The van der Waals surface area contributed by atoms with Crippen molar-refractivity contribution in [2.24, 2.45) is 11.3 Å². The van der Waals surface area contributed by atoms with Crippen LogP contribution in [-0.2, 0) is 23.7 Å². The SMILES string of the molecule is CC1=CC(=O)CC(C)(C)C1CO[C@@H]1O[C@H](CO[C@@H]2O[C@H](CO)[C@@H](O)[C@H](O)[C@H]2O)[C@@H](O)[C@H](O)[C@H]1O. The van der Waals surface area contributed by atoms with Crippen LogP contribution in [0.5, 0.6) is 0 Å². The molecule has 3 rings (SSSR count). The van der Waals surface area contributed by atoms with Crippen molar-refractivity contribution < 1.29 is 59.5 Å². The second-order valence-electron chi connectivity index (χ2n) is 9.95. The van der Waals surface area contributed by atoms with Gasteiger partial charge in [-0.1, -0.05) is 19.4 Å². The molecule has 2 aliphatic heterocycles. The fourth-order valence-corrected chi connectivity index (χ4v) is 4.73. The van der Waals surface area contributed by atoms with E-state index < -0.39 is 74.6 Å². The van der Waals surface area contributed by atoms with Crippen LogP contribution in [-0.4, -0.2) is 123 Å². The van der Waals surface area contributed by atoms with E-state index in [1.165, 1.54) is 0 Å². The molecule has 0 aromatic rings. The summed E-state index contributed by atoms with van der Waals surface area (Å²) in [6.45, 7) is 4.71. The number of rotatable bonds is 7. The van der Waals surface area contributed by atoms with Crippen molar-refractivity contribution in [3.8, 4) is 0 Å². The largest absolute Gasteiger partial charge is 0.394 e. The van der Waals surface area contributed by atoms with E-state index in [0.717, 1.165) is 5.57 Å². The average molecular weight is 493 g/mol. The Balaban J connectivity index is 1.62. The minimum absolute atomic E-state index is 0.0247. The van der Waals surface area contributed by atoms with Crippen LogP contribution in [0.4, 0.5) is 0 Å². The van der Waals surface area contributed by atoms with Gasteiger partial charge in [0.1, 0.15) is 48.8 Å². The van der Waals surface area contributed by atoms with Crippen LogP contribution >= 0.6 is 0 Å². The summed E-state index contributed by atoms with van der Waals surface area (Å²) in [5.74, 6) is -0.120. The van der Waals surface area contributed by atoms with E-state index in [1.807, 2.05) is 20.8 Å². The van der Waals surface area contributed by atoms with Crippen LogP contribution < -0.4 is 0 Å². The highest BCUT2D eigenvalue weighted by molar-refractivity contribution is 5.91. The van der Waals surface area contributed by atoms with Crippen LogP contribution in [0.25, 0.3) is 0 Å². The van der Waals surface area contributed by atoms with Gasteiger partial charge in [-0.3, -0.25) is 4.79 Å². The van der Waals surface area contributed by atoms with Crippen LogP contribution in [0, 0.1) is 11.3 Å². The Morgan fingerprint density at radius 2 is 1.35 bits per heavy atom. The molecule has 12 nitrogen and oxygen atoms in total. The summed E-state index contributed by atoms with van der Waals surface area (Å²) in [6.07, 6.45) is -12.8. The van der Waals surface area contributed by atoms with Crippen LogP contribution in [0.15, 0.2) is 11.6 Å². The van der Waals surface area contributed by atoms with Crippen molar-refractivity contribution >= 4 is 5.78 Å². The van der Waals surface area contributed by atoms with Gasteiger partial charge in [0.15, 0.2) is 18.4 Å². The molecule has 1 aliphatic carbocycles. The quantitative estimate of drug-likeness (QED) is 0.193. The number of aliphatic hydroxyl groups excluding tert-OH is 7. The summed E-state index contributed by atoms with van der Waals surface area (Å²) in [7, 11) is 0. The molecule has 0 aromatic heterocycles. The molecule has 0 radical (unpaired) electrons. The fraction of sp³-hybridized carbons (Fsp3) is 0.864. The van der Waals surface area contributed by atoms with E-state index in [2.05, 4.69) is 0 Å². The van der Waals surface area contributed by atoms with E-state index in [-0.39, 0.29) is 23.7 Å². The summed E-state index contributed by atoms with van der Waals surface area (Å²) >= 11 is 0. The number of hydrogen-bond donors (Lipinski definition) is 7. The Morgan fingerprint density at radius 1 is 0.853 bits per heavy atom. The molecule has 0 bridgehead atoms. The number of ketones is 1. The van der Waals surface area contributed by atoms with Gasteiger partial charge in [0.2, 0.25) is 0 Å². The summed E-state index contributed by atoms with van der Waals surface area (Å²) in [4.78, 5) is 11.9. The molecule has 7 N–H and O–H groups in total. The lowest BCUT2D eigenvalue weighted by Crippen LogP contribution is -2.61. The zero-order valence-corrected chi connectivity index (χ0v) is 19.4. The molecule has 2 heterocycles. The predicted molar refractivity (Wildman–Crippen MR) is 113 cm³/mol. The lowest BCUT2D eigenvalue weighted by Gasteiger charge is -2.43. The van der Waals surface area contributed by atoms with E-state index in [9.17, 15) is 40.5 Å². The number of aliphatic hydroxyl groups is 7. The number of ether oxygens (including phenoxy) is 4. The first-order chi connectivity index (χ1) is 15.9. The highest BCUT2D eigenvalue weighted by atomic mass is 16.7. The van der Waals surface area contributed by atoms with Crippen molar-refractivity contribution in [2.75, 3.05) is 19.8 Å². The standard InChI is InChI=1S/C22H36O12/c1-9-4-10(24)5-22(2,3)11(9)7-31-20-19(30)17(28)15(26)13(34-20)8-32-21-18(29)16(27)14(25)12(6-23)33-21/h4,11-21,23,25-30H,5-8H2,1-3H3/t11?,12-,13-,14-,15-,16+,17+,18-,19-,20-,21-/m1/s1. The third kappa shape index (κ3) is 5.68. The molecule has 2 saturated heterocycles. The van der Waals surface area contributed by atoms with Crippen molar-refractivity contribution in [1.82, 2.24) is 0 Å². The molecule has 0 amide bonds. The van der Waals surface area contributed by atoms with Crippen molar-refractivity contribution in [3.63, 3.8) is 0 Å². The Kier molecular flexibility index (Phi) is 8.86. The van der Waals surface area contributed by atoms with Crippen molar-refractivity contribution in [1.29, 1.82) is 0 Å². The van der Waals surface area contributed by atoms with Crippen LogP contribution in [0.3, 0.4) is 0 Å². The summed E-state index contributed by atoms with van der Waals surface area (Å²) in [5.41, 5.74) is 0.439. The van der Waals surface area contributed by atoms with Gasteiger partial charge in [-0.25, -0.2) is 0 Å². The summed E-state index contributed by atoms with van der Waals surface area (Å²) in [6, 6.07) is 0. The fourth-order valence-electron chi connectivity index (χ4n) is 4.73. The van der Waals surface area contributed by atoms with Crippen LogP contribution in [0.1, 0.15) is 27.2 Å². The van der Waals surface area contributed by atoms with Gasteiger partial charge in [-0.15, -0.1) is 0 Å². The Hall–Kier alpha value is -1.03. The lowest BCUT2D eigenvalue weighted by molar-refractivity contribution is -0.332. The first kappa shape index (κ1) is 27.6. The smallest absolute Gasteiger partial charge is 0.186 e. The molecule has 11 atom stereocenters. The van der Waals surface area contributed by atoms with Gasteiger partial charge < -0.3 is 54.7 Å². The maximum Gasteiger partial charge on any atom is 0.186 e. The van der Waals surface area contributed by atoms with Gasteiger partial charge in [0.25, 0.3) is 0 Å². The minimum Gasteiger partial charge on any atom is -0.394 e. The van der Waals surface area contributed by atoms with Gasteiger partial charge in [0, 0.05) is 12.3 Å². The number of allylic oxidation sites excluding steroid dienone is 1.